The zero-order valence-electron chi connectivity index (χ0n) is 9.87. The van der Waals surface area contributed by atoms with Crippen LogP contribution in [0.2, 0.25) is 0 Å². The third-order valence-electron chi connectivity index (χ3n) is 2.71. The fraction of sp³-hybridized carbons (Fsp3) is 0.0714. The van der Waals surface area contributed by atoms with E-state index in [1.165, 1.54) is 6.07 Å². The van der Waals surface area contributed by atoms with Crippen LogP contribution in [0.1, 0.15) is 11.1 Å². The van der Waals surface area contributed by atoms with Crippen molar-refractivity contribution in [2.45, 2.75) is 6.92 Å². The molecule has 0 aliphatic carbocycles. The summed E-state index contributed by atoms with van der Waals surface area (Å²) in [4.78, 5) is 0. The highest BCUT2D eigenvalue weighted by molar-refractivity contribution is 5.76. The number of nitrogens with two attached hydrogens (primary N) is 1. The van der Waals surface area contributed by atoms with Crippen LogP contribution in [-0.4, -0.2) is 0 Å². The van der Waals surface area contributed by atoms with E-state index < -0.39 is 5.82 Å². The lowest BCUT2D eigenvalue weighted by Crippen LogP contribution is -2.00. The van der Waals surface area contributed by atoms with Crippen molar-refractivity contribution >= 4 is 17.1 Å². The largest absolute Gasteiger partial charge is 0.395 e. The molecular formula is C14H12FN3. The molecule has 0 amide bonds. The first-order valence-corrected chi connectivity index (χ1v) is 5.44. The van der Waals surface area contributed by atoms with Crippen LogP contribution in [0.15, 0.2) is 36.4 Å². The number of anilines is 3. The van der Waals surface area contributed by atoms with E-state index in [1.807, 2.05) is 19.1 Å². The number of hydrogen-bond acceptors (Lipinski definition) is 3. The quantitative estimate of drug-likeness (QED) is 0.793. The van der Waals surface area contributed by atoms with Gasteiger partial charge in [-0.25, -0.2) is 4.39 Å². The Labute approximate surface area is 105 Å². The molecule has 0 heterocycles. The first kappa shape index (κ1) is 11.9. The lowest BCUT2D eigenvalue weighted by Gasteiger charge is -2.12. The highest BCUT2D eigenvalue weighted by Gasteiger charge is 2.08. The summed E-state index contributed by atoms with van der Waals surface area (Å²) in [6, 6.07) is 12.1. The summed E-state index contributed by atoms with van der Waals surface area (Å²) in [5, 5.41) is 12.1. The van der Waals surface area contributed by atoms with Crippen LogP contribution >= 0.6 is 0 Å². The van der Waals surface area contributed by atoms with Gasteiger partial charge in [-0.1, -0.05) is 18.2 Å². The second-order valence-electron chi connectivity index (χ2n) is 3.94. The Morgan fingerprint density at radius 2 is 1.83 bits per heavy atom. The Balaban J connectivity index is 2.44. The lowest BCUT2D eigenvalue weighted by atomic mass is 10.1. The number of para-hydroxylation sites is 1. The molecule has 2 rings (SSSR count). The molecule has 2 aromatic carbocycles. The van der Waals surface area contributed by atoms with E-state index >= 15 is 0 Å². The molecule has 0 atom stereocenters. The Bertz CT molecular complexity index is 629. The number of rotatable bonds is 2. The molecule has 3 N–H and O–H groups in total. The Morgan fingerprint density at radius 3 is 2.56 bits per heavy atom. The molecule has 0 fully saturated rings. The first-order chi connectivity index (χ1) is 8.63. The van der Waals surface area contributed by atoms with Gasteiger partial charge in [0.25, 0.3) is 0 Å². The zero-order valence-corrected chi connectivity index (χ0v) is 9.87. The van der Waals surface area contributed by atoms with Crippen LogP contribution in [-0.2, 0) is 0 Å². The van der Waals surface area contributed by atoms with Crippen LogP contribution in [0.25, 0.3) is 0 Å². The van der Waals surface area contributed by atoms with Crippen molar-refractivity contribution in [3.8, 4) is 6.07 Å². The number of nitriles is 1. The fourth-order valence-electron chi connectivity index (χ4n) is 1.71. The van der Waals surface area contributed by atoms with Crippen LogP contribution in [0.5, 0.6) is 0 Å². The number of hydrogen-bond donors (Lipinski definition) is 2. The van der Waals surface area contributed by atoms with Crippen molar-refractivity contribution in [2.75, 3.05) is 11.1 Å². The van der Waals surface area contributed by atoms with E-state index in [0.717, 1.165) is 5.56 Å². The SMILES string of the molecule is Cc1cccc(Nc2cccc(F)c2N)c1C#N. The molecule has 0 saturated heterocycles. The van der Waals surface area contributed by atoms with Gasteiger partial charge in [-0.3, -0.25) is 0 Å². The van der Waals surface area contributed by atoms with Gasteiger partial charge in [-0.15, -0.1) is 0 Å². The Kier molecular flexibility index (Phi) is 3.16. The van der Waals surface area contributed by atoms with Gasteiger partial charge in [0.2, 0.25) is 0 Å². The molecule has 0 aliphatic rings. The van der Waals surface area contributed by atoms with Crippen molar-refractivity contribution < 1.29 is 4.39 Å². The van der Waals surface area contributed by atoms with Gasteiger partial charge in [-0.2, -0.15) is 5.26 Å². The predicted molar refractivity (Wildman–Crippen MR) is 70.0 cm³/mol. The van der Waals surface area contributed by atoms with Crippen LogP contribution in [0, 0.1) is 24.1 Å². The third kappa shape index (κ3) is 2.11. The van der Waals surface area contributed by atoms with Gasteiger partial charge in [0.05, 0.1) is 22.6 Å². The maximum atomic E-state index is 13.3. The molecule has 0 spiro atoms. The maximum absolute atomic E-state index is 13.3. The Morgan fingerprint density at radius 1 is 1.17 bits per heavy atom. The molecule has 4 heteroatoms. The van der Waals surface area contributed by atoms with E-state index in [2.05, 4.69) is 11.4 Å². The highest BCUT2D eigenvalue weighted by Crippen LogP contribution is 2.28. The van der Waals surface area contributed by atoms with Crippen molar-refractivity contribution in [1.29, 1.82) is 5.26 Å². The zero-order chi connectivity index (χ0) is 13.1. The monoisotopic (exact) mass is 241 g/mol. The van der Waals surface area contributed by atoms with E-state index in [4.69, 9.17) is 11.0 Å². The number of nitrogens with one attached hydrogen (secondary N) is 1. The second-order valence-corrected chi connectivity index (χ2v) is 3.94. The summed E-state index contributed by atoms with van der Waals surface area (Å²) in [7, 11) is 0. The standard InChI is InChI=1S/C14H12FN3/c1-9-4-2-6-12(10(9)8-16)18-13-7-3-5-11(15)14(13)17/h2-7,18H,17H2,1H3. The normalized spacial score (nSPS) is 9.83. The van der Waals surface area contributed by atoms with Crippen molar-refractivity contribution in [2.24, 2.45) is 0 Å². The first-order valence-electron chi connectivity index (χ1n) is 5.44. The predicted octanol–water partition coefficient (Wildman–Crippen LogP) is 3.33. The van der Waals surface area contributed by atoms with Gasteiger partial charge in [-0.05, 0) is 30.7 Å². The summed E-state index contributed by atoms with van der Waals surface area (Å²) in [5.41, 5.74) is 8.15. The van der Waals surface area contributed by atoms with Gasteiger partial charge in [0.15, 0.2) is 0 Å². The minimum absolute atomic E-state index is 0.0443. The molecule has 0 aliphatic heterocycles. The summed E-state index contributed by atoms with van der Waals surface area (Å²) in [5.74, 6) is -0.480. The van der Waals surface area contributed by atoms with Crippen LogP contribution in [0.4, 0.5) is 21.5 Å². The van der Waals surface area contributed by atoms with E-state index in [0.29, 0.717) is 16.9 Å². The summed E-state index contributed by atoms with van der Waals surface area (Å²) < 4.78 is 13.3. The maximum Gasteiger partial charge on any atom is 0.148 e. The van der Waals surface area contributed by atoms with E-state index in [1.54, 1.807) is 18.2 Å². The summed E-state index contributed by atoms with van der Waals surface area (Å²) >= 11 is 0. The molecule has 0 unspecified atom stereocenters. The molecule has 2 aromatic rings. The van der Waals surface area contributed by atoms with Crippen molar-refractivity contribution in [1.82, 2.24) is 0 Å². The number of nitrogens with zero attached hydrogens (tertiary/aromatic N) is 1. The number of halogens is 1. The molecule has 0 saturated carbocycles. The molecule has 18 heavy (non-hydrogen) atoms. The molecule has 90 valence electrons. The average molecular weight is 241 g/mol. The van der Waals surface area contributed by atoms with E-state index in [-0.39, 0.29) is 5.69 Å². The minimum Gasteiger partial charge on any atom is -0.395 e. The Hall–Kier alpha value is -2.54. The molecule has 0 radical (unpaired) electrons. The van der Waals surface area contributed by atoms with Gasteiger partial charge < -0.3 is 11.1 Å². The van der Waals surface area contributed by atoms with E-state index in [9.17, 15) is 4.39 Å². The second kappa shape index (κ2) is 4.76. The fourth-order valence-corrected chi connectivity index (χ4v) is 1.71. The van der Waals surface area contributed by atoms with Crippen LogP contribution in [0.3, 0.4) is 0 Å². The van der Waals surface area contributed by atoms with Crippen LogP contribution < -0.4 is 11.1 Å². The van der Waals surface area contributed by atoms with Crippen molar-refractivity contribution in [3.63, 3.8) is 0 Å². The molecule has 3 nitrogen and oxygen atoms in total. The molecular weight excluding hydrogens is 229 g/mol. The van der Waals surface area contributed by atoms with Crippen molar-refractivity contribution in [3.05, 3.63) is 53.3 Å². The third-order valence-corrected chi connectivity index (χ3v) is 2.71. The number of benzene rings is 2. The summed E-state index contributed by atoms with van der Waals surface area (Å²) in [6.07, 6.45) is 0. The van der Waals surface area contributed by atoms with Gasteiger partial charge >= 0.3 is 0 Å². The average Bonchev–Trinajstić information content (AvgIpc) is 2.35. The number of aryl methyl sites for hydroxylation is 1. The highest BCUT2D eigenvalue weighted by atomic mass is 19.1. The molecule has 0 bridgehead atoms. The lowest BCUT2D eigenvalue weighted by molar-refractivity contribution is 0.633. The smallest absolute Gasteiger partial charge is 0.148 e. The van der Waals surface area contributed by atoms with Gasteiger partial charge in [0, 0.05) is 0 Å². The molecule has 0 aromatic heterocycles. The van der Waals surface area contributed by atoms with Gasteiger partial charge in [0.1, 0.15) is 11.9 Å². The number of nitrogen functional groups attached to an aromatic ring is 1. The minimum atomic E-state index is -0.480. The topological polar surface area (TPSA) is 61.8 Å². The summed E-state index contributed by atoms with van der Waals surface area (Å²) in [6.45, 7) is 1.85.